The minimum atomic E-state index is 0.517. The van der Waals surface area contributed by atoms with Gasteiger partial charge in [0, 0.05) is 36.6 Å². The summed E-state index contributed by atoms with van der Waals surface area (Å²) >= 11 is 0. The third-order valence-electron chi connectivity index (χ3n) is 4.23. The molecule has 0 atom stereocenters. The molecular weight excluding hydrogens is 340 g/mol. The molecule has 1 N–H and O–H groups in total. The zero-order chi connectivity index (χ0) is 18.9. The largest absolute Gasteiger partial charge is 0.497 e. The SMILES string of the molecule is COc1ccc(OC)c(CNCc2ccccc2OCc2ccncc2)c1. The smallest absolute Gasteiger partial charge is 0.124 e. The third-order valence-corrected chi connectivity index (χ3v) is 4.23. The molecule has 1 heterocycles. The van der Waals surface area contributed by atoms with Crippen LogP contribution in [0.15, 0.2) is 67.0 Å². The molecule has 0 radical (unpaired) electrons. The first-order valence-electron chi connectivity index (χ1n) is 8.81. The Hall–Kier alpha value is -3.05. The zero-order valence-electron chi connectivity index (χ0n) is 15.6. The lowest BCUT2D eigenvalue weighted by Gasteiger charge is -2.14. The lowest BCUT2D eigenvalue weighted by molar-refractivity contribution is 0.302. The monoisotopic (exact) mass is 364 g/mol. The minimum Gasteiger partial charge on any atom is -0.497 e. The molecule has 0 spiro atoms. The van der Waals surface area contributed by atoms with Crippen molar-refractivity contribution in [1.29, 1.82) is 0 Å². The van der Waals surface area contributed by atoms with E-state index in [1.165, 1.54) is 0 Å². The molecule has 27 heavy (non-hydrogen) atoms. The Bertz CT molecular complexity index is 853. The molecule has 1 aromatic heterocycles. The van der Waals surface area contributed by atoms with Crippen molar-refractivity contribution < 1.29 is 14.2 Å². The average molecular weight is 364 g/mol. The van der Waals surface area contributed by atoms with Crippen LogP contribution in [0.4, 0.5) is 0 Å². The number of hydrogen-bond acceptors (Lipinski definition) is 5. The van der Waals surface area contributed by atoms with Crippen molar-refractivity contribution in [1.82, 2.24) is 10.3 Å². The lowest BCUT2D eigenvalue weighted by atomic mass is 10.1. The Morgan fingerprint density at radius 3 is 2.37 bits per heavy atom. The van der Waals surface area contributed by atoms with E-state index in [4.69, 9.17) is 14.2 Å². The molecule has 0 aliphatic rings. The first kappa shape index (κ1) is 18.7. The highest BCUT2D eigenvalue weighted by Crippen LogP contribution is 2.24. The lowest BCUT2D eigenvalue weighted by Crippen LogP contribution is -2.14. The van der Waals surface area contributed by atoms with Crippen molar-refractivity contribution in [3.8, 4) is 17.2 Å². The molecule has 5 nitrogen and oxygen atoms in total. The maximum atomic E-state index is 5.99. The number of methoxy groups -OCH3 is 2. The highest BCUT2D eigenvalue weighted by Gasteiger charge is 2.07. The van der Waals surface area contributed by atoms with E-state index in [1.54, 1.807) is 26.6 Å². The fourth-order valence-corrected chi connectivity index (χ4v) is 2.78. The Labute approximate surface area is 159 Å². The number of nitrogens with one attached hydrogen (secondary N) is 1. The summed E-state index contributed by atoms with van der Waals surface area (Å²) in [5, 5.41) is 3.46. The summed E-state index contributed by atoms with van der Waals surface area (Å²) in [4.78, 5) is 4.03. The van der Waals surface area contributed by atoms with Crippen LogP contribution in [0.2, 0.25) is 0 Å². The number of para-hydroxylation sites is 1. The number of hydrogen-bond donors (Lipinski definition) is 1. The molecular formula is C22H24N2O3. The van der Waals surface area contributed by atoms with Crippen molar-refractivity contribution in [2.24, 2.45) is 0 Å². The van der Waals surface area contributed by atoms with E-state index in [-0.39, 0.29) is 0 Å². The number of nitrogens with zero attached hydrogens (tertiary/aromatic N) is 1. The fraction of sp³-hybridized carbons (Fsp3) is 0.227. The maximum absolute atomic E-state index is 5.99. The van der Waals surface area contributed by atoms with Gasteiger partial charge in [0.05, 0.1) is 14.2 Å². The van der Waals surface area contributed by atoms with Gasteiger partial charge in [0.25, 0.3) is 0 Å². The summed E-state index contributed by atoms with van der Waals surface area (Å²) in [6.45, 7) is 1.87. The normalized spacial score (nSPS) is 10.4. The number of pyridine rings is 1. The Morgan fingerprint density at radius 2 is 1.59 bits per heavy atom. The van der Waals surface area contributed by atoms with Crippen LogP contribution >= 0.6 is 0 Å². The summed E-state index contributed by atoms with van der Waals surface area (Å²) in [5.41, 5.74) is 3.24. The van der Waals surface area contributed by atoms with Gasteiger partial charge in [0.1, 0.15) is 23.9 Å². The van der Waals surface area contributed by atoms with Crippen LogP contribution in [-0.4, -0.2) is 19.2 Å². The second-order valence-electron chi connectivity index (χ2n) is 6.03. The summed E-state index contributed by atoms with van der Waals surface area (Å²) in [7, 11) is 3.34. The van der Waals surface area contributed by atoms with Crippen molar-refractivity contribution in [2.75, 3.05) is 14.2 Å². The van der Waals surface area contributed by atoms with Crippen LogP contribution in [-0.2, 0) is 19.7 Å². The molecule has 0 aliphatic heterocycles. The van der Waals surface area contributed by atoms with Gasteiger partial charge >= 0.3 is 0 Å². The average Bonchev–Trinajstić information content (AvgIpc) is 2.73. The summed E-state index contributed by atoms with van der Waals surface area (Å²) < 4.78 is 16.7. The quantitative estimate of drug-likeness (QED) is 0.623. The zero-order valence-corrected chi connectivity index (χ0v) is 15.6. The first-order valence-corrected chi connectivity index (χ1v) is 8.81. The van der Waals surface area contributed by atoms with Crippen LogP contribution in [0.25, 0.3) is 0 Å². The number of aromatic nitrogens is 1. The maximum Gasteiger partial charge on any atom is 0.124 e. The molecule has 0 saturated heterocycles. The second kappa shape index (κ2) is 9.59. The number of rotatable bonds is 9. The molecule has 3 rings (SSSR count). The van der Waals surface area contributed by atoms with Gasteiger partial charge in [-0.15, -0.1) is 0 Å². The van der Waals surface area contributed by atoms with E-state index >= 15 is 0 Å². The van der Waals surface area contributed by atoms with Crippen molar-refractivity contribution in [2.45, 2.75) is 19.7 Å². The van der Waals surface area contributed by atoms with Gasteiger partial charge in [0.15, 0.2) is 0 Å². The number of ether oxygens (including phenoxy) is 3. The van der Waals surface area contributed by atoms with Crippen LogP contribution in [0.3, 0.4) is 0 Å². The standard InChI is InChI=1S/C22H24N2O3/c1-25-20-7-8-21(26-2)19(13-20)15-24-14-18-5-3-4-6-22(18)27-16-17-9-11-23-12-10-17/h3-13,24H,14-16H2,1-2H3. The molecule has 3 aromatic rings. The predicted octanol–water partition coefficient (Wildman–Crippen LogP) is 3.97. The highest BCUT2D eigenvalue weighted by molar-refractivity contribution is 5.40. The Kier molecular flexibility index (Phi) is 6.66. The molecule has 0 amide bonds. The van der Waals surface area contributed by atoms with E-state index in [9.17, 15) is 0 Å². The van der Waals surface area contributed by atoms with E-state index in [1.807, 2.05) is 48.5 Å². The predicted molar refractivity (Wildman–Crippen MR) is 105 cm³/mol. The summed E-state index contributed by atoms with van der Waals surface area (Å²) in [6.07, 6.45) is 3.54. The Morgan fingerprint density at radius 1 is 0.815 bits per heavy atom. The second-order valence-corrected chi connectivity index (χ2v) is 6.03. The van der Waals surface area contributed by atoms with Crippen molar-refractivity contribution >= 4 is 0 Å². The summed E-state index contributed by atoms with van der Waals surface area (Å²) in [6, 6.07) is 17.8. The van der Waals surface area contributed by atoms with Crippen LogP contribution < -0.4 is 19.5 Å². The molecule has 2 aromatic carbocycles. The van der Waals surface area contributed by atoms with E-state index in [2.05, 4.69) is 16.4 Å². The molecule has 5 heteroatoms. The van der Waals surface area contributed by atoms with Crippen LogP contribution in [0.1, 0.15) is 16.7 Å². The Balaban J connectivity index is 1.62. The van der Waals surface area contributed by atoms with Crippen molar-refractivity contribution in [3.05, 3.63) is 83.7 Å². The van der Waals surface area contributed by atoms with Crippen LogP contribution in [0.5, 0.6) is 17.2 Å². The van der Waals surface area contributed by atoms with Gasteiger partial charge in [-0.2, -0.15) is 0 Å². The van der Waals surface area contributed by atoms with Crippen LogP contribution in [0, 0.1) is 0 Å². The van der Waals surface area contributed by atoms with E-state index in [0.29, 0.717) is 19.7 Å². The van der Waals surface area contributed by atoms with Crippen molar-refractivity contribution in [3.63, 3.8) is 0 Å². The molecule has 140 valence electrons. The molecule has 0 bridgehead atoms. The molecule has 0 unspecified atom stereocenters. The molecule has 0 aliphatic carbocycles. The van der Waals surface area contributed by atoms with Gasteiger partial charge in [-0.3, -0.25) is 4.98 Å². The van der Waals surface area contributed by atoms with Gasteiger partial charge < -0.3 is 19.5 Å². The fourth-order valence-electron chi connectivity index (χ4n) is 2.78. The minimum absolute atomic E-state index is 0.517. The molecule has 0 saturated carbocycles. The topological polar surface area (TPSA) is 52.6 Å². The highest BCUT2D eigenvalue weighted by atomic mass is 16.5. The van der Waals surface area contributed by atoms with Gasteiger partial charge in [-0.05, 0) is 42.0 Å². The first-order chi connectivity index (χ1) is 13.3. The number of benzene rings is 2. The molecule has 0 fully saturated rings. The van der Waals surface area contributed by atoms with Gasteiger partial charge in [-0.1, -0.05) is 18.2 Å². The third kappa shape index (κ3) is 5.21. The van der Waals surface area contributed by atoms with Gasteiger partial charge in [0.2, 0.25) is 0 Å². The van der Waals surface area contributed by atoms with E-state index in [0.717, 1.165) is 33.9 Å². The van der Waals surface area contributed by atoms with E-state index < -0.39 is 0 Å². The van der Waals surface area contributed by atoms with Gasteiger partial charge in [-0.25, -0.2) is 0 Å². The summed E-state index contributed by atoms with van der Waals surface area (Å²) in [5.74, 6) is 2.53.